The Balaban J connectivity index is 1.89. The van der Waals surface area contributed by atoms with Gasteiger partial charge in [0.2, 0.25) is 0 Å². The quantitative estimate of drug-likeness (QED) is 0.546. The van der Waals surface area contributed by atoms with Crippen LogP contribution in [0.5, 0.6) is 0 Å². The van der Waals surface area contributed by atoms with Gasteiger partial charge in [-0.3, -0.25) is 9.59 Å². The van der Waals surface area contributed by atoms with Crippen LogP contribution in [0.25, 0.3) is 0 Å². The summed E-state index contributed by atoms with van der Waals surface area (Å²) in [7, 11) is 0. The monoisotopic (exact) mass is 404 g/mol. The number of anilines is 1. The normalized spacial score (nSPS) is 11.3. The molecule has 2 rings (SSSR count). The molecule has 2 N–H and O–H groups in total. The molecule has 0 aliphatic heterocycles. The summed E-state index contributed by atoms with van der Waals surface area (Å²) in [5.74, 6) is -1.56. The second-order valence-corrected chi connectivity index (χ2v) is 6.56. The van der Waals surface area contributed by atoms with E-state index in [4.69, 9.17) is 0 Å². The Bertz CT molecular complexity index is 821. The minimum absolute atomic E-state index is 0.0861. The number of amides is 2. The highest BCUT2D eigenvalue weighted by Crippen LogP contribution is 2.27. The van der Waals surface area contributed by atoms with Gasteiger partial charge in [0, 0.05) is 12.1 Å². The summed E-state index contributed by atoms with van der Waals surface area (Å²) in [4.78, 5) is 24.5. The van der Waals surface area contributed by atoms with Gasteiger partial charge in [-0.2, -0.15) is 13.2 Å². The van der Waals surface area contributed by atoms with Gasteiger partial charge in [0.05, 0.1) is 16.5 Å². The van der Waals surface area contributed by atoms with E-state index in [9.17, 15) is 27.2 Å². The van der Waals surface area contributed by atoms with E-state index in [-0.39, 0.29) is 18.7 Å². The lowest BCUT2D eigenvalue weighted by atomic mass is 10.2. The second kappa shape index (κ2) is 8.96. The molecule has 2 amide bonds. The second-order valence-electron chi connectivity index (χ2n) is 5.51. The van der Waals surface area contributed by atoms with Gasteiger partial charge in [-0.15, -0.1) is 11.3 Å². The number of benzene rings is 1. The number of halogens is 4. The van der Waals surface area contributed by atoms with Crippen LogP contribution in [-0.4, -0.2) is 37.7 Å². The molecule has 27 heavy (non-hydrogen) atoms. The molecule has 10 heteroatoms. The maximum atomic E-state index is 13.2. The summed E-state index contributed by atoms with van der Waals surface area (Å²) >= 11 is 1.00. The zero-order valence-electron chi connectivity index (χ0n) is 14.2. The molecular formula is C17H16F4N2O3S. The minimum atomic E-state index is -4.41. The van der Waals surface area contributed by atoms with E-state index in [0.29, 0.717) is 15.4 Å². The van der Waals surface area contributed by atoms with Crippen LogP contribution in [0.1, 0.15) is 25.6 Å². The number of hydrogen-bond donors (Lipinski definition) is 2. The van der Waals surface area contributed by atoms with Crippen LogP contribution in [0.4, 0.5) is 22.6 Å². The standard InChI is InChI=1S/C17H16F4N2O3S/c1-10-7-13(23-15(24)11-3-2-4-12(18)8-11)27-14(10)16(25)22-5-6-26-9-17(19,20)21/h2-4,7-8H,5-6,9H2,1H3,(H,22,25)(H,23,24). The fourth-order valence-electron chi connectivity index (χ4n) is 2.09. The lowest BCUT2D eigenvalue weighted by molar-refractivity contribution is -0.173. The number of thiophene rings is 1. The third kappa shape index (κ3) is 6.65. The van der Waals surface area contributed by atoms with Crippen molar-refractivity contribution in [2.45, 2.75) is 13.1 Å². The number of carbonyl (C=O) groups excluding carboxylic acids is 2. The number of carbonyl (C=O) groups is 2. The Labute approximate surface area is 156 Å². The molecule has 146 valence electrons. The van der Waals surface area contributed by atoms with Gasteiger partial charge in [-0.1, -0.05) is 6.07 Å². The Morgan fingerprint density at radius 2 is 1.93 bits per heavy atom. The van der Waals surface area contributed by atoms with Crippen molar-refractivity contribution in [3.8, 4) is 0 Å². The fourth-order valence-corrected chi connectivity index (χ4v) is 3.07. The molecule has 2 aromatic rings. The summed E-state index contributed by atoms with van der Waals surface area (Å²) in [5.41, 5.74) is 0.720. The molecule has 1 aromatic carbocycles. The van der Waals surface area contributed by atoms with Crippen LogP contribution in [0.3, 0.4) is 0 Å². The zero-order valence-corrected chi connectivity index (χ0v) is 15.0. The highest BCUT2D eigenvalue weighted by molar-refractivity contribution is 7.18. The lowest BCUT2D eigenvalue weighted by Crippen LogP contribution is -2.28. The highest BCUT2D eigenvalue weighted by Gasteiger charge is 2.27. The van der Waals surface area contributed by atoms with Crippen molar-refractivity contribution in [3.05, 3.63) is 52.2 Å². The third-order valence-corrected chi connectivity index (χ3v) is 4.40. The maximum absolute atomic E-state index is 13.2. The first-order valence-electron chi connectivity index (χ1n) is 7.76. The predicted molar refractivity (Wildman–Crippen MR) is 92.6 cm³/mol. The molecule has 0 saturated carbocycles. The SMILES string of the molecule is Cc1cc(NC(=O)c2cccc(F)c2)sc1C(=O)NCCOCC(F)(F)F. The topological polar surface area (TPSA) is 67.4 Å². The molecule has 0 aliphatic carbocycles. The lowest BCUT2D eigenvalue weighted by Gasteiger charge is -2.08. The Morgan fingerprint density at radius 1 is 1.19 bits per heavy atom. The van der Waals surface area contributed by atoms with Crippen LogP contribution >= 0.6 is 11.3 Å². The average Bonchev–Trinajstić information content (AvgIpc) is 2.93. The van der Waals surface area contributed by atoms with Crippen molar-refractivity contribution in [3.63, 3.8) is 0 Å². The first-order chi connectivity index (χ1) is 12.7. The molecule has 0 atom stereocenters. The van der Waals surface area contributed by atoms with Crippen molar-refractivity contribution in [2.24, 2.45) is 0 Å². The van der Waals surface area contributed by atoms with Crippen LogP contribution in [-0.2, 0) is 4.74 Å². The Hall–Kier alpha value is -2.46. The number of alkyl halides is 3. The Morgan fingerprint density at radius 3 is 2.59 bits per heavy atom. The van der Waals surface area contributed by atoms with E-state index in [1.807, 2.05) is 0 Å². The van der Waals surface area contributed by atoms with E-state index in [2.05, 4.69) is 15.4 Å². The van der Waals surface area contributed by atoms with Crippen LogP contribution in [0, 0.1) is 12.7 Å². The molecular weight excluding hydrogens is 388 g/mol. The highest BCUT2D eigenvalue weighted by atomic mass is 32.1. The third-order valence-electron chi connectivity index (χ3n) is 3.25. The minimum Gasteiger partial charge on any atom is -0.370 e. The fraction of sp³-hybridized carbons (Fsp3) is 0.294. The number of ether oxygens (including phenoxy) is 1. The van der Waals surface area contributed by atoms with Crippen molar-refractivity contribution in [1.82, 2.24) is 5.32 Å². The van der Waals surface area contributed by atoms with Gasteiger partial charge in [-0.25, -0.2) is 4.39 Å². The van der Waals surface area contributed by atoms with Crippen LogP contribution < -0.4 is 10.6 Å². The summed E-state index contributed by atoms with van der Waals surface area (Å²) in [6, 6.07) is 6.74. The van der Waals surface area contributed by atoms with Gasteiger partial charge in [0.25, 0.3) is 11.8 Å². The molecule has 1 aromatic heterocycles. The molecule has 0 aliphatic rings. The van der Waals surface area contributed by atoms with Gasteiger partial charge in [0.15, 0.2) is 0 Å². The first-order valence-corrected chi connectivity index (χ1v) is 8.57. The van der Waals surface area contributed by atoms with E-state index in [1.54, 1.807) is 13.0 Å². The first kappa shape index (κ1) is 20.8. The van der Waals surface area contributed by atoms with E-state index in [1.165, 1.54) is 18.2 Å². The number of aryl methyl sites for hydroxylation is 1. The van der Waals surface area contributed by atoms with Crippen molar-refractivity contribution in [1.29, 1.82) is 0 Å². The number of rotatable bonds is 7. The van der Waals surface area contributed by atoms with Crippen LogP contribution in [0.2, 0.25) is 0 Å². The summed E-state index contributed by atoms with van der Waals surface area (Å²) in [5, 5.41) is 5.42. The molecule has 0 spiro atoms. The van der Waals surface area contributed by atoms with Crippen molar-refractivity contribution < 1.29 is 31.9 Å². The maximum Gasteiger partial charge on any atom is 0.411 e. The summed E-state index contributed by atoms with van der Waals surface area (Å²) < 4.78 is 53.4. The number of nitrogens with one attached hydrogen (secondary N) is 2. The molecule has 0 radical (unpaired) electrons. The van der Waals surface area contributed by atoms with Crippen LogP contribution in [0.15, 0.2) is 30.3 Å². The summed E-state index contributed by atoms with van der Waals surface area (Å²) in [6.45, 7) is -0.0867. The molecule has 0 fully saturated rings. The van der Waals surface area contributed by atoms with Gasteiger partial charge in [-0.05, 0) is 36.8 Å². The van der Waals surface area contributed by atoms with Crippen molar-refractivity contribution in [2.75, 3.05) is 25.1 Å². The van der Waals surface area contributed by atoms with Gasteiger partial charge < -0.3 is 15.4 Å². The molecule has 0 bridgehead atoms. The van der Waals surface area contributed by atoms with E-state index in [0.717, 1.165) is 17.4 Å². The molecule has 5 nitrogen and oxygen atoms in total. The van der Waals surface area contributed by atoms with Gasteiger partial charge >= 0.3 is 6.18 Å². The van der Waals surface area contributed by atoms with E-state index >= 15 is 0 Å². The molecule has 0 unspecified atom stereocenters. The Kier molecular flexibility index (Phi) is 6.92. The van der Waals surface area contributed by atoms with Gasteiger partial charge in [0.1, 0.15) is 12.4 Å². The number of hydrogen-bond acceptors (Lipinski definition) is 4. The van der Waals surface area contributed by atoms with Crippen molar-refractivity contribution >= 4 is 28.2 Å². The zero-order chi connectivity index (χ0) is 20.0. The summed E-state index contributed by atoms with van der Waals surface area (Å²) in [6.07, 6.45) is -4.41. The smallest absolute Gasteiger partial charge is 0.370 e. The van der Waals surface area contributed by atoms with E-state index < -0.39 is 30.4 Å². The predicted octanol–water partition coefficient (Wildman–Crippen LogP) is 3.76. The largest absolute Gasteiger partial charge is 0.411 e. The molecule has 1 heterocycles. The average molecular weight is 404 g/mol. The molecule has 0 saturated heterocycles.